The van der Waals surface area contributed by atoms with Gasteiger partial charge in [-0.05, 0) is 108 Å². The minimum absolute atomic E-state index is 0.00234. The topological polar surface area (TPSA) is 175 Å². The van der Waals surface area contributed by atoms with Gasteiger partial charge in [-0.1, -0.05) is 23.6 Å². The summed E-state index contributed by atoms with van der Waals surface area (Å²) in [6.07, 6.45) is -2.85. The van der Waals surface area contributed by atoms with Crippen molar-refractivity contribution in [1.29, 1.82) is 0 Å². The van der Waals surface area contributed by atoms with Crippen molar-refractivity contribution in [2.24, 2.45) is 0 Å². The fourth-order valence-corrected chi connectivity index (χ4v) is 10.2. The Morgan fingerprint density at radius 2 is 1.51 bits per heavy atom. The number of fused-ring (bicyclic) bond motifs is 2. The van der Waals surface area contributed by atoms with Gasteiger partial charge in [-0.15, -0.1) is 3.71 Å². The van der Waals surface area contributed by atoms with Gasteiger partial charge < -0.3 is 10.1 Å². The van der Waals surface area contributed by atoms with E-state index in [4.69, 9.17) is 21.3 Å². The Morgan fingerprint density at radius 1 is 0.934 bits per heavy atom. The number of alkyl carbamates (subject to hydrolysis) is 1. The van der Waals surface area contributed by atoms with E-state index >= 15 is 0 Å². The van der Waals surface area contributed by atoms with Crippen molar-refractivity contribution in [3.8, 4) is 23.0 Å². The molecule has 0 saturated heterocycles. The van der Waals surface area contributed by atoms with Gasteiger partial charge in [0.05, 0.1) is 40.2 Å². The number of ether oxygens (including phenoxy) is 1. The number of carbonyl (C=O) groups is 1. The summed E-state index contributed by atoms with van der Waals surface area (Å²) in [7, 11) is -13.4. The number of carbonyl (C=O) groups excluding carboxylic acids is 1. The van der Waals surface area contributed by atoms with Gasteiger partial charge in [-0.2, -0.15) is 18.3 Å². The fraction of sp³-hybridized carbons (Fsp3) is 0.462. The maximum Gasteiger partial charge on any atom is 0.408 e. The number of rotatable bonds is 10. The molecule has 1 N–H and O–H groups in total. The van der Waals surface area contributed by atoms with E-state index in [-0.39, 0.29) is 49.7 Å². The number of sulfonamides is 2. The predicted molar refractivity (Wildman–Crippen MR) is 221 cm³/mol. The van der Waals surface area contributed by atoms with E-state index in [0.717, 1.165) is 18.4 Å². The number of alkyl halides is 3. The average molecular weight is 936 g/mol. The van der Waals surface area contributed by atoms with Gasteiger partial charge in [0.15, 0.2) is 15.7 Å². The number of pyridine rings is 1. The van der Waals surface area contributed by atoms with Gasteiger partial charge >= 0.3 is 12.3 Å². The zero-order valence-electron chi connectivity index (χ0n) is 34.3. The maximum atomic E-state index is 14.7. The summed E-state index contributed by atoms with van der Waals surface area (Å²) in [6.45, 7) is 5.61. The molecule has 0 aliphatic heterocycles. The van der Waals surface area contributed by atoms with Crippen LogP contribution in [0.2, 0.25) is 5.02 Å². The van der Waals surface area contributed by atoms with E-state index in [1.54, 1.807) is 20.8 Å². The van der Waals surface area contributed by atoms with Crippen LogP contribution >= 0.6 is 11.6 Å². The number of benzene rings is 2. The SMILES string of the molecule is CC(C)(C)OC(=O)N[C@@H](Cc1cc(F)cc(F)c1)c1nc(C#CC(C)(C)S(C)(=O)=O)c2c(c1-c1ccc(Cl)c3c(N(S(C)(=O)=O)S(C)(=O)=O)nn(CC(F)(F)F)c13)CCCC2. The second kappa shape index (κ2) is 16.6. The molecule has 4 aromatic rings. The molecule has 0 saturated carbocycles. The standard InChI is InChI=1S/C39H43ClF5N5O8S3/c1-37(2,3)58-36(51)47-30(19-22-17-23(41)20-24(42)18-22)33-31(26-12-10-9-11-25(26)29(46-33)15-16-38(4,5)59(6,52)53)27-13-14-28(40)32-34(27)49(21-39(43,44)45)48-35(32)50(60(7,54)55)61(8,56)57/h13-14,17-18,20,30H,9-12,19,21H2,1-8H3,(H,47,51)/t30-/m0/s1. The summed E-state index contributed by atoms with van der Waals surface area (Å²) in [5.41, 5.74) is -0.818. The lowest BCUT2D eigenvalue weighted by molar-refractivity contribution is -0.141. The lowest BCUT2D eigenvalue weighted by atomic mass is 9.82. The molecule has 0 unspecified atom stereocenters. The van der Waals surface area contributed by atoms with Gasteiger partial charge in [0, 0.05) is 23.4 Å². The zero-order chi connectivity index (χ0) is 45.8. The number of hydrogen-bond donors (Lipinski definition) is 1. The van der Waals surface area contributed by atoms with Crippen LogP contribution in [0.15, 0.2) is 30.3 Å². The molecule has 1 aliphatic rings. The predicted octanol–water partition coefficient (Wildman–Crippen LogP) is 7.18. The first-order chi connectivity index (χ1) is 27.8. The Bertz CT molecular complexity index is 2780. The Morgan fingerprint density at radius 3 is 2.03 bits per heavy atom. The van der Waals surface area contributed by atoms with Gasteiger partial charge in [-0.25, -0.2) is 43.8 Å². The maximum absolute atomic E-state index is 14.7. The third-order valence-corrected chi connectivity index (χ3v) is 15.0. The van der Waals surface area contributed by atoms with Gasteiger partial charge in [0.25, 0.3) is 0 Å². The van der Waals surface area contributed by atoms with Crippen LogP contribution in [0.3, 0.4) is 0 Å². The zero-order valence-corrected chi connectivity index (χ0v) is 37.5. The lowest BCUT2D eigenvalue weighted by Crippen LogP contribution is -2.36. The van der Waals surface area contributed by atoms with Gasteiger partial charge in [0.1, 0.15) is 34.2 Å². The van der Waals surface area contributed by atoms with Gasteiger partial charge in [-0.3, -0.25) is 4.68 Å². The average Bonchev–Trinajstić information content (AvgIpc) is 3.41. The van der Waals surface area contributed by atoms with Gasteiger partial charge in [0.2, 0.25) is 20.0 Å². The normalized spacial score (nSPS) is 14.5. The molecule has 0 bridgehead atoms. The summed E-state index contributed by atoms with van der Waals surface area (Å²) >= 11 is 6.63. The fourth-order valence-electron chi connectivity index (χ4n) is 6.87. The third-order valence-electron chi connectivity index (χ3n) is 9.53. The van der Waals surface area contributed by atoms with Crippen LogP contribution in [0.5, 0.6) is 0 Å². The van der Waals surface area contributed by atoms with Crippen LogP contribution in [0.1, 0.15) is 81.6 Å². The van der Waals surface area contributed by atoms with Crippen molar-refractivity contribution >= 4 is 64.3 Å². The highest BCUT2D eigenvalue weighted by molar-refractivity contribution is 8.09. The summed E-state index contributed by atoms with van der Waals surface area (Å²) in [4.78, 5) is 18.5. The second-order valence-corrected chi connectivity index (χ2v) is 23.1. The molecule has 1 atom stereocenters. The first-order valence-corrected chi connectivity index (χ1v) is 24.4. The van der Waals surface area contributed by atoms with E-state index in [1.165, 1.54) is 26.0 Å². The Kier molecular flexibility index (Phi) is 13.0. The number of amides is 1. The molecule has 332 valence electrons. The van der Waals surface area contributed by atoms with Crippen molar-refractivity contribution < 1.29 is 56.7 Å². The molecule has 22 heteroatoms. The van der Waals surface area contributed by atoms with Crippen LogP contribution in [-0.4, -0.2) is 81.4 Å². The third kappa shape index (κ3) is 10.9. The monoisotopic (exact) mass is 935 g/mol. The first-order valence-electron chi connectivity index (χ1n) is 18.5. The number of aromatic nitrogens is 3. The molecule has 1 aliphatic carbocycles. The lowest BCUT2D eigenvalue weighted by Gasteiger charge is -2.29. The minimum atomic E-state index is -5.02. The molecule has 0 fully saturated rings. The molecule has 2 aromatic heterocycles. The smallest absolute Gasteiger partial charge is 0.408 e. The molecule has 13 nitrogen and oxygen atoms in total. The second-order valence-electron chi connectivity index (χ2n) is 16.2. The minimum Gasteiger partial charge on any atom is -0.444 e. The molecular weight excluding hydrogens is 893 g/mol. The summed E-state index contributed by atoms with van der Waals surface area (Å²) in [5, 5.41) is 5.72. The van der Waals surface area contributed by atoms with E-state index < -0.39 is 99.9 Å². The largest absolute Gasteiger partial charge is 0.444 e. The van der Waals surface area contributed by atoms with Crippen LogP contribution in [-0.2, 0) is 60.4 Å². The number of hydrogen-bond acceptors (Lipinski definition) is 10. The highest BCUT2D eigenvalue weighted by Crippen LogP contribution is 2.46. The van der Waals surface area contributed by atoms with Crippen LogP contribution in [0.25, 0.3) is 22.0 Å². The quantitative estimate of drug-likeness (QED) is 0.127. The highest BCUT2D eigenvalue weighted by atomic mass is 35.5. The van der Waals surface area contributed by atoms with E-state index in [2.05, 4.69) is 22.3 Å². The van der Waals surface area contributed by atoms with Crippen molar-refractivity contribution in [2.45, 2.75) is 95.8 Å². The number of halogens is 6. The van der Waals surface area contributed by atoms with Crippen LogP contribution in [0, 0.1) is 23.5 Å². The summed E-state index contributed by atoms with van der Waals surface area (Å²) < 4.78 is 154. The molecule has 0 spiro atoms. The first kappa shape index (κ1) is 47.5. The molecule has 2 aromatic carbocycles. The Labute approximate surface area is 356 Å². The molecule has 1 amide bonds. The molecule has 5 rings (SSSR count). The van der Waals surface area contributed by atoms with Crippen molar-refractivity contribution in [3.05, 3.63) is 75.1 Å². The molecular formula is C39H43ClF5N5O8S3. The summed E-state index contributed by atoms with van der Waals surface area (Å²) in [6, 6.07) is 3.69. The van der Waals surface area contributed by atoms with E-state index in [9.17, 15) is 52.0 Å². The number of nitrogens with zero attached hydrogens (tertiary/aromatic N) is 4. The molecule has 2 heterocycles. The van der Waals surface area contributed by atoms with Crippen LogP contribution < -0.4 is 9.03 Å². The van der Waals surface area contributed by atoms with Crippen molar-refractivity contribution in [3.63, 3.8) is 0 Å². The molecule has 61 heavy (non-hydrogen) atoms. The summed E-state index contributed by atoms with van der Waals surface area (Å²) in [5.74, 6) is 2.74. The molecule has 0 radical (unpaired) electrons. The Balaban J connectivity index is 2.02. The van der Waals surface area contributed by atoms with E-state index in [0.29, 0.717) is 47.2 Å². The number of anilines is 1. The van der Waals surface area contributed by atoms with Crippen molar-refractivity contribution in [1.82, 2.24) is 20.1 Å². The highest BCUT2D eigenvalue weighted by Gasteiger charge is 2.39. The Hall–Kier alpha value is -4.52. The number of nitrogens with one attached hydrogen (secondary N) is 1. The van der Waals surface area contributed by atoms with Crippen molar-refractivity contribution in [2.75, 3.05) is 22.5 Å². The van der Waals surface area contributed by atoms with Crippen LogP contribution in [0.4, 0.5) is 32.6 Å². The van der Waals surface area contributed by atoms with E-state index in [1.807, 2.05) is 0 Å². The number of sulfone groups is 1.